The third-order valence-electron chi connectivity index (χ3n) is 4.66. The van der Waals surface area contributed by atoms with E-state index < -0.39 is 36.2 Å². The third-order valence-corrected chi connectivity index (χ3v) is 4.66. The molecule has 29 heavy (non-hydrogen) atoms. The van der Waals surface area contributed by atoms with Crippen LogP contribution in [0.15, 0.2) is 54.6 Å². The lowest BCUT2D eigenvalue weighted by molar-refractivity contribution is -0.192. The standard InChI is InChI=1S/C22H25NO6/c1-15(22(27)28)12-19(23(29-2)20(24)14-21(25)26)13-16-8-10-18(11-9-16)17-6-4-3-5-7-17/h3-11,15,19H,12-14H2,1-2H3,(H,25,26)(H,27,28)/t15-,19+/m1/s1. The lowest BCUT2D eigenvalue weighted by Gasteiger charge is -2.30. The first kappa shape index (κ1) is 22.1. The lowest BCUT2D eigenvalue weighted by atomic mass is 9.94. The summed E-state index contributed by atoms with van der Waals surface area (Å²) in [6.07, 6.45) is -0.250. The highest BCUT2D eigenvalue weighted by atomic mass is 16.7. The molecule has 0 spiro atoms. The number of hydrogen-bond donors (Lipinski definition) is 2. The number of aliphatic carboxylic acids is 2. The summed E-state index contributed by atoms with van der Waals surface area (Å²) in [4.78, 5) is 39.7. The second-order valence-corrected chi connectivity index (χ2v) is 6.87. The summed E-state index contributed by atoms with van der Waals surface area (Å²) in [5.74, 6) is -3.70. The van der Waals surface area contributed by atoms with Crippen LogP contribution in [0.3, 0.4) is 0 Å². The number of carboxylic acids is 2. The Hall–Kier alpha value is -3.19. The molecule has 0 aliphatic rings. The molecule has 2 N–H and O–H groups in total. The van der Waals surface area contributed by atoms with Crippen molar-refractivity contribution >= 4 is 17.8 Å². The average Bonchev–Trinajstić information content (AvgIpc) is 2.69. The molecular weight excluding hydrogens is 374 g/mol. The van der Waals surface area contributed by atoms with Crippen molar-refractivity contribution in [3.05, 3.63) is 60.2 Å². The van der Waals surface area contributed by atoms with Gasteiger partial charge in [0.05, 0.1) is 19.1 Å². The molecule has 2 aromatic carbocycles. The molecule has 0 heterocycles. The van der Waals surface area contributed by atoms with Crippen molar-refractivity contribution in [3.8, 4) is 11.1 Å². The van der Waals surface area contributed by atoms with E-state index in [-0.39, 0.29) is 6.42 Å². The van der Waals surface area contributed by atoms with Crippen molar-refractivity contribution in [2.45, 2.75) is 32.2 Å². The van der Waals surface area contributed by atoms with Crippen LogP contribution >= 0.6 is 0 Å². The summed E-state index contributed by atoms with van der Waals surface area (Å²) < 4.78 is 0. The molecule has 154 valence electrons. The maximum Gasteiger partial charge on any atom is 0.312 e. The van der Waals surface area contributed by atoms with Crippen LogP contribution in [0.5, 0.6) is 0 Å². The molecule has 7 nitrogen and oxygen atoms in total. The van der Waals surface area contributed by atoms with Gasteiger partial charge in [0.15, 0.2) is 0 Å². The SMILES string of the molecule is CON(C(=O)CC(=O)O)[C@H](Cc1ccc(-c2ccccc2)cc1)C[C@@H](C)C(=O)O. The highest BCUT2D eigenvalue weighted by Gasteiger charge is 2.29. The predicted molar refractivity (Wildman–Crippen MR) is 107 cm³/mol. The Morgan fingerprint density at radius 2 is 1.55 bits per heavy atom. The van der Waals surface area contributed by atoms with Gasteiger partial charge in [0.25, 0.3) is 5.91 Å². The molecule has 0 radical (unpaired) electrons. The molecule has 2 atom stereocenters. The minimum atomic E-state index is -1.27. The van der Waals surface area contributed by atoms with Gasteiger partial charge >= 0.3 is 11.9 Å². The first-order valence-electron chi connectivity index (χ1n) is 9.27. The molecule has 0 aliphatic carbocycles. The maximum absolute atomic E-state index is 12.3. The number of carbonyl (C=O) groups excluding carboxylic acids is 1. The number of nitrogens with zero attached hydrogens (tertiary/aromatic N) is 1. The van der Waals surface area contributed by atoms with Crippen LogP contribution in [0.2, 0.25) is 0 Å². The summed E-state index contributed by atoms with van der Waals surface area (Å²) in [6.45, 7) is 1.54. The number of carboxylic acid groups (broad SMARTS) is 2. The number of carbonyl (C=O) groups is 3. The number of hydroxylamine groups is 2. The summed E-state index contributed by atoms with van der Waals surface area (Å²) in [5, 5.41) is 19.2. The van der Waals surface area contributed by atoms with E-state index in [4.69, 9.17) is 9.94 Å². The molecule has 0 saturated heterocycles. The molecule has 0 aromatic heterocycles. The normalized spacial score (nSPS) is 12.8. The van der Waals surface area contributed by atoms with Gasteiger partial charge in [-0.15, -0.1) is 0 Å². The molecule has 7 heteroatoms. The minimum absolute atomic E-state index is 0.134. The molecule has 0 unspecified atom stereocenters. The Bertz CT molecular complexity index is 834. The number of hydrogen-bond acceptors (Lipinski definition) is 4. The zero-order chi connectivity index (χ0) is 21.4. The van der Waals surface area contributed by atoms with Crippen LogP contribution in [-0.4, -0.2) is 46.3 Å². The molecule has 0 bridgehead atoms. The van der Waals surface area contributed by atoms with Gasteiger partial charge in [-0.25, -0.2) is 5.06 Å². The fourth-order valence-corrected chi connectivity index (χ4v) is 3.17. The van der Waals surface area contributed by atoms with E-state index >= 15 is 0 Å². The van der Waals surface area contributed by atoms with Gasteiger partial charge in [0, 0.05) is 0 Å². The molecule has 2 rings (SSSR count). The molecule has 2 aromatic rings. The van der Waals surface area contributed by atoms with Gasteiger partial charge in [-0.3, -0.25) is 19.2 Å². The van der Waals surface area contributed by atoms with Crippen LogP contribution in [0, 0.1) is 5.92 Å². The molecular formula is C22H25NO6. The predicted octanol–water partition coefficient (Wildman–Crippen LogP) is 3.24. The fourth-order valence-electron chi connectivity index (χ4n) is 3.17. The third kappa shape index (κ3) is 6.43. The number of rotatable bonds is 10. The van der Waals surface area contributed by atoms with E-state index in [1.165, 1.54) is 7.11 Å². The van der Waals surface area contributed by atoms with Crippen LogP contribution in [0.4, 0.5) is 0 Å². The van der Waals surface area contributed by atoms with Gasteiger partial charge in [0.2, 0.25) is 0 Å². The van der Waals surface area contributed by atoms with Crippen molar-refractivity contribution in [3.63, 3.8) is 0 Å². The molecule has 0 fully saturated rings. The van der Waals surface area contributed by atoms with Gasteiger partial charge in [-0.1, -0.05) is 61.5 Å². The molecule has 0 saturated carbocycles. The van der Waals surface area contributed by atoms with Crippen molar-refractivity contribution in [2.75, 3.05) is 7.11 Å². The van der Waals surface area contributed by atoms with Crippen molar-refractivity contribution in [1.29, 1.82) is 0 Å². The summed E-state index contributed by atoms with van der Waals surface area (Å²) in [7, 11) is 1.27. The first-order valence-corrected chi connectivity index (χ1v) is 9.27. The fraction of sp³-hybridized carbons (Fsp3) is 0.318. The van der Waals surface area contributed by atoms with Crippen molar-refractivity contribution < 1.29 is 29.4 Å². The average molecular weight is 399 g/mol. The van der Waals surface area contributed by atoms with Gasteiger partial charge < -0.3 is 10.2 Å². The lowest BCUT2D eigenvalue weighted by Crippen LogP contribution is -2.43. The van der Waals surface area contributed by atoms with Gasteiger partial charge in [0.1, 0.15) is 6.42 Å². The highest BCUT2D eigenvalue weighted by molar-refractivity contribution is 5.93. The van der Waals surface area contributed by atoms with E-state index in [1.807, 2.05) is 54.6 Å². The zero-order valence-electron chi connectivity index (χ0n) is 16.4. The van der Waals surface area contributed by atoms with Crippen LogP contribution in [0.1, 0.15) is 25.3 Å². The quantitative estimate of drug-likeness (QED) is 0.469. The monoisotopic (exact) mass is 399 g/mol. The number of benzene rings is 2. The first-order chi connectivity index (χ1) is 13.8. The van der Waals surface area contributed by atoms with Gasteiger partial charge in [-0.2, -0.15) is 0 Å². The number of amides is 1. The Morgan fingerprint density at radius 3 is 2.07 bits per heavy atom. The van der Waals surface area contributed by atoms with E-state index in [0.29, 0.717) is 6.42 Å². The minimum Gasteiger partial charge on any atom is -0.481 e. The smallest absolute Gasteiger partial charge is 0.312 e. The van der Waals surface area contributed by atoms with E-state index in [0.717, 1.165) is 21.8 Å². The maximum atomic E-state index is 12.3. The Morgan fingerprint density at radius 1 is 0.966 bits per heavy atom. The molecule has 1 amide bonds. The summed E-state index contributed by atoms with van der Waals surface area (Å²) >= 11 is 0. The largest absolute Gasteiger partial charge is 0.481 e. The van der Waals surface area contributed by atoms with E-state index in [2.05, 4.69) is 0 Å². The highest BCUT2D eigenvalue weighted by Crippen LogP contribution is 2.22. The second kappa shape index (κ2) is 10.4. The summed E-state index contributed by atoms with van der Waals surface area (Å²) in [5.41, 5.74) is 3.00. The van der Waals surface area contributed by atoms with Crippen LogP contribution < -0.4 is 0 Å². The van der Waals surface area contributed by atoms with Crippen molar-refractivity contribution in [1.82, 2.24) is 5.06 Å². The van der Waals surface area contributed by atoms with Crippen molar-refractivity contribution in [2.24, 2.45) is 5.92 Å². The topological polar surface area (TPSA) is 104 Å². The zero-order valence-corrected chi connectivity index (χ0v) is 16.4. The molecule has 0 aliphatic heterocycles. The van der Waals surface area contributed by atoms with Crippen LogP contribution in [-0.2, 0) is 25.6 Å². The summed E-state index contributed by atoms with van der Waals surface area (Å²) in [6, 6.07) is 17.0. The Balaban J connectivity index is 2.22. The van der Waals surface area contributed by atoms with Gasteiger partial charge in [-0.05, 0) is 29.5 Å². The Kier molecular flexibility index (Phi) is 7.91. The van der Waals surface area contributed by atoms with Crippen LogP contribution in [0.25, 0.3) is 11.1 Å². The van der Waals surface area contributed by atoms with E-state index in [9.17, 15) is 19.5 Å². The van der Waals surface area contributed by atoms with E-state index in [1.54, 1.807) is 6.92 Å². The second-order valence-electron chi connectivity index (χ2n) is 6.87. The Labute approximate surface area is 169 Å².